The number of ether oxygens (including phenoxy) is 1. The van der Waals surface area contributed by atoms with Crippen molar-refractivity contribution in [1.82, 2.24) is 9.80 Å². The Morgan fingerprint density at radius 3 is 2.43 bits per heavy atom. The zero-order valence-electron chi connectivity index (χ0n) is 14.5. The smallest absolute Gasteiger partial charge is 0.338 e. The average molecular weight is 319 g/mol. The van der Waals surface area contributed by atoms with Crippen molar-refractivity contribution in [3.05, 3.63) is 34.9 Å². The van der Waals surface area contributed by atoms with Crippen LogP contribution in [0.25, 0.3) is 0 Å². The van der Waals surface area contributed by atoms with Gasteiger partial charge in [-0.3, -0.25) is 4.90 Å². The summed E-state index contributed by atoms with van der Waals surface area (Å²) in [5.74, 6) is 0.427. The maximum absolute atomic E-state index is 12.0. The Morgan fingerprint density at radius 1 is 1.22 bits per heavy atom. The molecule has 1 aliphatic rings. The van der Waals surface area contributed by atoms with Gasteiger partial charge in [0.1, 0.15) is 0 Å². The van der Waals surface area contributed by atoms with Gasteiger partial charge in [0.05, 0.1) is 12.7 Å². The van der Waals surface area contributed by atoms with Gasteiger partial charge in [-0.15, -0.1) is 0 Å². The third-order valence-electron chi connectivity index (χ3n) is 4.29. The Labute approximate surface area is 139 Å². The fourth-order valence-corrected chi connectivity index (χ4v) is 3.10. The third-order valence-corrected chi connectivity index (χ3v) is 4.29. The summed E-state index contributed by atoms with van der Waals surface area (Å²) in [4.78, 5) is 16.9. The topological polar surface area (TPSA) is 58.8 Å². The highest BCUT2D eigenvalue weighted by Crippen LogP contribution is 2.17. The average Bonchev–Trinajstić information content (AvgIpc) is 2.55. The highest BCUT2D eigenvalue weighted by molar-refractivity contribution is 5.91. The van der Waals surface area contributed by atoms with Crippen molar-refractivity contribution in [2.75, 3.05) is 39.8 Å². The van der Waals surface area contributed by atoms with E-state index in [1.165, 1.54) is 7.11 Å². The second-order valence-corrected chi connectivity index (χ2v) is 6.66. The normalized spacial score (nSPS) is 16.7. The van der Waals surface area contributed by atoms with Crippen molar-refractivity contribution >= 4 is 5.97 Å². The highest BCUT2D eigenvalue weighted by atomic mass is 16.5. The second-order valence-electron chi connectivity index (χ2n) is 6.66. The number of benzene rings is 1. The van der Waals surface area contributed by atoms with Crippen LogP contribution in [-0.4, -0.2) is 55.6 Å². The van der Waals surface area contributed by atoms with Gasteiger partial charge in [0.15, 0.2) is 0 Å². The van der Waals surface area contributed by atoms with Gasteiger partial charge in [0, 0.05) is 45.8 Å². The molecule has 0 radical (unpaired) electrons. The highest BCUT2D eigenvalue weighted by Gasteiger charge is 2.20. The largest absolute Gasteiger partial charge is 0.465 e. The summed E-state index contributed by atoms with van der Waals surface area (Å²) in [7, 11) is 1.42. The Kier molecular flexibility index (Phi) is 6.57. The van der Waals surface area contributed by atoms with E-state index in [0.717, 1.165) is 50.4 Å². The lowest BCUT2D eigenvalue weighted by atomic mass is 10.0. The molecule has 23 heavy (non-hydrogen) atoms. The molecule has 1 aromatic rings. The summed E-state index contributed by atoms with van der Waals surface area (Å²) >= 11 is 0. The van der Waals surface area contributed by atoms with Gasteiger partial charge in [-0.25, -0.2) is 4.79 Å². The van der Waals surface area contributed by atoms with Gasteiger partial charge in [0.2, 0.25) is 0 Å². The molecule has 0 amide bonds. The van der Waals surface area contributed by atoms with Crippen molar-refractivity contribution in [2.45, 2.75) is 26.9 Å². The van der Waals surface area contributed by atoms with Crippen LogP contribution >= 0.6 is 0 Å². The van der Waals surface area contributed by atoms with E-state index in [9.17, 15) is 4.79 Å². The van der Waals surface area contributed by atoms with Gasteiger partial charge >= 0.3 is 5.97 Å². The second kappa shape index (κ2) is 8.43. The van der Waals surface area contributed by atoms with Gasteiger partial charge in [0.25, 0.3) is 0 Å². The van der Waals surface area contributed by atoms with E-state index in [1.54, 1.807) is 0 Å². The fraction of sp³-hybridized carbons (Fsp3) is 0.611. The molecule has 0 aliphatic carbocycles. The number of nitrogens with zero attached hydrogens (tertiary/aromatic N) is 2. The van der Waals surface area contributed by atoms with Crippen LogP contribution in [0, 0.1) is 5.92 Å². The summed E-state index contributed by atoms with van der Waals surface area (Å²) in [6.45, 7) is 11.2. The van der Waals surface area contributed by atoms with Crippen LogP contribution in [0.3, 0.4) is 0 Å². The number of piperazine rings is 1. The number of carbonyl (C=O) groups is 1. The van der Waals surface area contributed by atoms with Crippen LogP contribution in [0.15, 0.2) is 18.2 Å². The van der Waals surface area contributed by atoms with E-state index in [0.29, 0.717) is 18.0 Å². The number of esters is 1. The number of nitrogens with two attached hydrogens (primary N) is 1. The number of carbonyl (C=O) groups excluding carboxylic acids is 1. The standard InChI is InChI=1S/C18H29N3O2/c1-14(2)12-20-6-8-21(9-7-20)13-16-10-15(11-19)4-5-17(16)18(22)23-3/h4-5,10,14H,6-9,11-13,19H2,1-3H3. The Bertz CT molecular complexity index is 523. The number of hydrogen-bond acceptors (Lipinski definition) is 5. The van der Waals surface area contributed by atoms with Crippen LogP contribution in [-0.2, 0) is 17.8 Å². The van der Waals surface area contributed by atoms with E-state index in [-0.39, 0.29) is 5.97 Å². The predicted octanol–water partition coefficient (Wildman–Crippen LogP) is 1.71. The molecule has 1 aromatic carbocycles. The summed E-state index contributed by atoms with van der Waals surface area (Å²) in [6.07, 6.45) is 0. The molecule has 0 saturated carbocycles. The third kappa shape index (κ3) is 5.03. The SMILES string of the molecule is COC(=O)c1ccc(CN)cc1CN1CCN(CC(C)C)CC1. The van der Waals surface area contributed by atoms with E-state index in [1.807, 2.05) is 18.2 Å². The molecule has 2 rings (SSSR count). The lowest BCUT2D eigenvalue weighted by molar-refractivity contribution is 0.0596. The molecule has 1 fully saturated rings. The zero-order valence-corrected chi connectivity index (χ0v) is 14.5. The monoisotopic (exact) mass is 319 g/mol. The van der Waals surface area contributed by atoms with Crippen LogP contribution in [0.4, 0.5) is 0 Å². The van der Waals surface area contributed by atoms with E-state index in [2.05, 4.69) is 23.6 Å². The maximum Gasteiger partial charge on any atom is 0.338 e. The Balaban J connectivity index is 2.03. The molecule has 0 bridgehead atoms. The zero-order chi connectivity index (χ0) is 16.8. The maximum atomic E-state index is 12.0. The number of methoxy groups -OCH3 is 1. The minimum absolute atomic E-state index is 0.276. The fourth-order valence-electron chi connectivity index (χ4n) is 3.10. The van der Waals surface area contributed by atoms with Gasteiger partial charge in [-0.2, -0.15) is 0 Å². The van der Waals surface area contributed by atoms with E-state index in [4.69, 9.17) is 10.5 Å². The van der Waals surface area contributed by atoms with Gasteiger partial charge in [-0.05, 0) is 23.1 Å². The van der Waals surface area contributed by atoms with Crippen molar-refractivity contribution in [3.63, 3.8) is 0 Å². The quantitative estimate of drug-likeness (QED) is 0.809. The molecule has 1 heterocycles. The Hall–Kier alpha value is -1.43. The molecule has 128 valence electrons. The van der Waals surface area contributed by atoms with Crippen LogP contribution in [0.2, 0.25) is 0 Å². The number of hydrogen-bond donors (Lipinski definition) is 1. The van der Waals surface area contributed by atoms with Gasteiger partial charge in [-0.1, -0.05) is 26.0 Å². The summed E-state index contributed by atoms with van der Waals surface area (Å²) in [6, 6.07) is 5.77. The van der Waals surface area contributed by atoms with Crippen molar-refractivity contribution in [3.8, 4) is 0 Å². The molecule has 2 N–H and O–H groups in total. The van der Waals surface area contributed by atoms with Crippen LogP contribution < -0.4 is 5.73 Å². The lowest BCUT2D eigenvalue weighted by Crippen LogP contribution is -2.47. The summed E-state index contributed by atoms with van der Waals surface area (Å²) < 4.78 is 4.90. The minimum Gasteiger partial charge on any atom is -0.465 e. The summed E-state index contributed by atoms with van der Waals surface area (Å²) in [5.41, 5.74) is 8.44. The minimum atomic E-state index is -0.276. The molecular formula is C18H29N3O2. The first-order valence-electron chi connectivity index (χ1n) is 8.38. The molecule has 5 heteroatoms. The van der Waals surface area contributed by atoms with Gasteiger partial charge < -0.3 is 15.4 Å². The first-order valence-corrected chi connectivity index (χ1v) is 8.38. The molecule has 5 nitrogen and oxygen atoms in total. The molecule has 0 atom stereocenters. The lowest BCUT2D eigenvalue weighted by Gasteiger charge is -2.35. The van der Waals surface area contributed by atoms with Crippen molar-refractivity contribution < 1.29 is 9.53 Å². The van der Waals surface area contributed by atoms with Crippen molar-refractivity contribution in [1.29, 1.82) is 0 Å². The van der Waals surface area contributed by atoms with Crippen molar-refractivity contribution in [2.24, 2.45) is 11.7 Å². The summed E-state index contributed by atoms with van der Waals surface area (Å²) in [5, 5.41) is 0. The van der Waals surface area contributed by atoms with Crippen LogP contribution in [0.5, 0.6) is 0 Å². The molecule has 1 saturated heterocycles. The molecule has 0 unspecified atom stereocenters. The predicted molar refractivity (Wildman–Crippen MR) is 92.2 cm³/mol. The molecule has 1 aliphatic heterocycles. The van der Waals surface area contributed by atoms with Crippen LogP contribution in [0.1, 0.15) is 35.3 Å². The first-order chi connectivity index (χ1) is 11.0. The molecule has 0 spiro atoms. The Morgan fingerprint density at radius 2 is 1.87 bits per heavy atom. The first kappa shape index (κ1) is 17.9. The molecular weight excluding hydrogens is 290 g/mol. The number of rotatable bonds is 6. The van der Waals surface area contributed by atoms with E-state index >= 15 is 0 Å². The molecule has 0 aromatic heterocycles. The van der Waals surface area contributed by atoms with E-state index < -0.39 is 0 Å².